The summed E-state index contributed by atoms with van der Waals surface area (Å²) >= 11 is 0. The number of imide groups is 1. The van der Waals surface area contributed by atoms with Crippen molar-refractivity contribution in [3.8, 4) is 0 Å². The molecular formula is C8H9NO4. The largest absolute Gasteiger partial charge is 0.298 e. The van der Waals surface area contributed by atoms with Crippen LogP contribution >= 0.6 is 0 Å². The van der Waals surface area contributed by atoms with Crippen molar-refractivity contribution >= 4 is 18.1 Å². The van der Waals surface area contributed by atoms with Crippen molar-refractivity contribution in [2.24, 2.45) is 0 Å². The summed E-state index contributed by atoms with van der Waals surface area (Å²) < 4.78 is 0. The fourth-order valence-corrected chi connectivity index (χ4v) is 0.882. The maximum Gasteiger partial charge on any atom is 0.254 e. The SMILES string of the molecule is C=C(C=O)CON1C(=O)CCC1=O. The summed E-state index contributed by atoms with van der Waals surface area (Å²) in [7, 11) is 0. The van der Waals surface area contributed by atoms with Gasteiger partial charge in [0.25, 0.3) is 11.8 Å². The Labute approximate surface area is 74.9 Å². The van der Waals surface area contributed by atoms with E-state index in [4.69, 9.17) is 4.84 Å². The van der Waals surface area contributed by atoms with Crippen molar-refractivity contribution in [1.29, 1.82) is 0 Å². The van der Waals surface area contributed by atoms with Crippen LogP contribution < -0.4 is 0 Å². The minimum absolute atomic E-state index is 0.124. The lowest BCUT2D eigenvalue weighted by Gasteiger charge is -2.12. The van der Waals surface area contributed by atoms with Gasteiger partial charge in [0, 0.05) is 18.4 Å². The summed E-state index contributed by atoms with van der Waals surface area (Å²) in [6.45, 7) is 3.22. The Morgan fingerprint density at radius 2 is 2.00 bits per heavy atom. The quantitative estimate of drug-likeness (QED) is 0.344. The summed E-state index contributed by atoms with van der Waals surface area (Å²) in [5, 5.41) is 0.689. The monoisotopic (exact) mass is 183 g/mol. The average Bonchev–Trinajstić information content (AvgIpc) is 2.43. The highest BCUT2D eigenvalue weighted by molar-refractivity contribution is 6.00. The van der Waals surface area contributed by atoms with Crippen LogP contribution in [-0.2, 0) is 19.2 Å². The molecule has 0 saturated carbocycles. The number of carbonyl (C=O) groups excluding carboxylic acids is 3. The van der Waals surface area contributed by atoms with Gasteiger partial charge in [-0.1, -0.05) is 6.58 Å². The molecule has 2 amide bonds. The zero-order valence-electron chi connectivity index (χ0n) is 6.99. The number of hydrogen-bond acceptors (Lipinski definition) is 4. The molecule has 0 aromatic carbocycles. The lowest BCUT2D eigenvalue weighted by atomic mass is 10.4. The standard InChI is InChI=1S/C8H9NO4/c1-6(4-10)5-13-9-7(11)2-3-8(9)12/h4H,1-3,5H2. The Balaban J connectivity index is 2.44. The van der Waals surface area contributed by atoms with Crippen LogP contribution in [0.15, 0.2) is 12.2 Å². The van der Waals surface area contributed by atoms with Crippen molar-refractivity contribution < 1.29 is 19.2 Å². The molecule has 0 aromatic heterocycles. The van der Waals surface area contributed by atoms with Crippen LogP contribution in [0.3, 0.4) is 0 Å². The molecule has 1 rings (SSSR count). The van der Waals surface area contributed by atoms with E-state index in [1.807, 2.05) is 0 Å². The van der Waals surface area contributed by atoms with Crippen LogP contribution in [0.5, 0.6) is 0 Å². The molecule has 70 valence electrons. The molecule has 5 heteroatoms. The van der Waals surface area contributed by atoms with E-state index in [1.165, 1.54) is 0 Å². The van der Waals surface area contributed by atoms with Crippen LogP contribution in [0.25, 0.3) is 0 Å². The van der Waals surface area contributed by atoms with Crippen molar-refractivity contribution in [2.45, 2.75) is 12.8 Å². The highest BCUT2D eigenvalue weighted by atomic mass is 16.7. The Hall–Kier alpha value is -1.49. The average molecular weight is 183 g/mol. The normalized spacial score (nSPS) is 16.5. The van der Waals surface area contributed by atoms with Gasteiger partial charge in [-0.2, -0.15) is 5.06 Å². The number of carbonyl (C=O) groups is 3. The molecule has 0 unspecified atom stereocenters. The lowest BCUT2D eigenvalue weighted by Crippen LogP contribution is -2.30. The van der Waals surface area contributed by atoms with Gasteiger partial charge in [-0.25, -0.2) is 0 Å². The van der Waals surface area contributed by atoms with Gasteiger partial charge in [0.2, 0.25) is 0 Å². The van der Waals surface area contributed by atoms with Gasteiger partial charge < -0.3 is 0 Å². The molecule has 1 fully saturated rings. The van der Waals surface area contributed by atoms with Gasteiger partial charge in [0.15, 0.2) is 0 Å². The second kappa shape index (κ2) is 3.95. The molecule has 13 heavy (non-hydrogen) atoms. The third kappa shape index (κ3) is 2.22. The van der Waals surface area contributed by atoms with Crippen LogP contribution in [0, 0.1) is 0 Å². The molecule has 1 aliphatic heterocycles. The number of hydrogen-bond donors (Lipinski definition) is 0. The first-order valence-electron chi connectivity index (χ1n) is 3.77. The smallest absolute Gasteiger partial charge is 0.254 e. The molecule has 0 radical (unpaired) electrons. The van der Waals surface area contributed by atoms with Crippen LogP contribution in [0.2, 0.25) is 0 Å². The van der Waals surface area contributed by atoms with E-state index < -0.39 is 0 Å². The predicted molar refractivity (Wildman–Crippen MR) is 42.2 cm³/mol. The Morgan fingerprint density at radius 3 is 2.46 bits per heavy atom. The van der Waals surface area contributed by atoms with Gasteiger partial charge in [0.05, 0.1) is 0 Å². The topological polar surface area (TPSA) is 63.7 Å². The Morgan fingerprint density at radius 1 is 1.46 bits per heavy atom. The molecule has 1 aliphatic rings. The molecule has 1 saturated heterocycles. The van der Waals surface area contributed by atoms with E-state index >= 15 is 0 Å². The van der Waals surface area contributed by atoms with E-state index in [2.05, 4.69) is 6.58 Å². The van der Waals surface area contributed by atoms with E-state index in [0.717, 1.165) is 0 Å². The fourth-order valence-electron chi connectivity index (χ4n) is 0.882. The molecular weight excluding hydrogens is 174 g/mol. The van der Waals surface area contributed by atoms with Gasteiger partial charge in [0.1, 0.15) is 12.9 Å². The van der Waals surface area contributed by atoms with E-state index in [0.29, 0.717) is 11.3 Å². The van der Waals surface area contributed by atoms with Gasteiger partial charge in [-0.15, -0.1) is 0 Å². The summed E-state index contributed by atoms with van der Waals surface area (Å²) in [5.41, 5.74) is 0.188. The zero-order chi connectivity index (χ0) is 9.84. The Bertz CT molecular complexity index is 255. The fraction of sp³-hybridized carbons (Fsp3) is 0.375. The van der Waals surface area contributed by atoms with Crippen molar-refractivity contribution in [1.82, 2.24) is 5.06 Å². The molecule has 0 N–H and O–H groups in total. The second-order valence-electron chi connectivity index (χ2n) is 2.63. The second-order valence-corrected chi connectivity index (χ2v) is 2.63. The molecule has 0 atom stereocenters. The molecule has 1 heterocycles. The van der Waals surface area contributed by atoms with Gasteiger partial charge in [-0.3, -0.25) is 19.2 Å². The highest BCUT2D eigenvalue weighted by Gasteiger charge is 2.30. The number of amides is 2. The summed E-state index contributed by atoms with van der Waals surface area (Å²) in [6, 6.07) is 0. The third-order valence-corrected chi connectivity index (χ3v) is 1.55. The maximum atomic E-state index is 10.9. The van der Waals surface area contributed by atoms with Crippen molar-refractivity contribution in [2.75, 3.05) is 6.61 Å². The van der Waals surface area contributed by atoms with Gasteiger partial charge >= 0.3 is 0 Å². The van der Waals surface area contributed by atoms with Crippen LogP contribution in [0.4, 0.5) is 0 Å². The Kier molecular flexibility index (Phi) is 2.92. The van der Waals surface area contributed by atoms with E-state index in [9.17, 15) is 14.4 Å². The molecule has 5 nitrogen and oxygen atoms in total. The highest BCUT2D eigenvalue weighted by Crippen LogP contribution is 2.12. The van der Waals surface area contributed by atoms with E-state index in [1.54, 1.807) is 0 Å². The number of rotatable bonds is 4. The first-order valence-corrected chi connectivity index (χ1v) is 3.77. The molecule has 0 aromatic rings. The van der Waals surface area contributed by atoms with Crippen LogP contribution in [0.1, 0.15) is 12.8 Å². The molecule has 0 aliphatic carbocycles. The number of aldehydes is 1. The molecule has 0 bridgehead atoms. The summed E-state index contributed by atoms with van der Waals surface area (Å²) in [6.07, 6.45) is 0.865. The van der Waals surface area contributed by atoms with E-state index in [-0.39, 0.29) is 36.8 Å². The first kappa shape index (κ1) is 9.60. The predicted octanol–water partition coefficient (Wildman–Crippen LogP) is -0.178. The first-order chi connectivity index (χ1) is 6.15. The number of nitrogens with zero attached hydrogens (tertiary/aromatic N) is 1. The summed E-state index contributed by atoms with van der Waals surface area (Å²) in [5.74, 6) is -0.743. The minimum Gasteiger partial charge on any atom is -0.298 e. The van der Waals surface area contributed by atoms with Gasteiger partial charge in [-0.05, 0) is 0 Å². The van der Waals surface area contributed by atoms with Crippen LogP contribution in [-0.4, -0.2) is 29.8 Å². The maximum absolute atomic E-state index is 10.9. The third-order valence-electron chi connectivity index (χ3n) is 1.55. The number of hydroxylamine groups is 2. The molecule has 0 spiro atoms. The van der Waals surface area contributed by atoms with Crippen molar-refractivity contribution in [3.63, 3.8) is 0 Å². The minimum atomic E-state index is -0.372. The lowest BCUT2D eigenvalue weighted by molar-refractivity contribution is -0.185. The summed E-state index contributed by atoms with van der Waals surface area (Å²) in [4.78, 5) is 36.8. The van der Waals surface area contributed by atoms with Crippen molar-refractivity contribution in [3.05, 3.63) is 12.2 Å². The zero-order valence-corrected chi connectivity index (χ0v) is 6.99.